The Morgan fingerprint density at radius 2 is 1.70 bits per heavy atom. The third-order valence-corrected chi connectivity index (χ3v) is 8.88. The quantitative estimate of drug-likeness (QED) is 0.674. The number of nitrogens with zero attached hydrogens (tertiary/aromatic N) is 3. The van der Waals surface area contributed by atoms with Crippen molar-refractivity contribution in [2.24, 2.45) is 3.96 Å². The Morgan fingerprint density at radius 3 is 2.40 bits per heavy atom. The van der Waals surface area contributed by atoms with E-state index in [2.05, 4.69) is 8.86 Å². The number of hydrogen-bond donors (Lipinski definition) is 1. The van der Waals surface area contributed by atoms with Crippen LogP contribution in [0.4, 0.5) is 10.5 Å². The molecule has 158 valence electrons. The molecular weight excluding hydrogens is 449 g/mol. The van der Waals surface area contributed by atoms with Crippen molar-refractivity contribution in [2.75, 3.05) is 31.1 Å². The fraction of sp³-hybridized carbons (Fsp3) is 0.364. The number of ether oxygens (including phenoxy) is 1. The predicted octanol–water partition coefficient (Wildman–Crippen LogP) is 1.98. The number of amides is 2. The number of carbonyl (C=O) groups excluding carboxylic acids is 2. The Morgan fingerprint density at radius 1 is 1.03 bits per heavy atom. The van der Waals surface area contributed by atoms with Gasteiger partial charge in [0.05, 0.1) is 0 Å². The third kappa shape index (κ3) is 3.98. The number of benzene rings is 2. The van der Waals surface area contributed by atoms with Gasteiger partial charge in [0, 0.05) is 0 Å². The second-order valence-corrected chi connectivity index (χ2v) is 11.7. The Kier molecular flexibility index (Phi) is 5.38. The third-order valence-electron chi connectivity index (χ3n) is 4.96. The standard InChI is InChI=1S/C22H25N3O4Se/c1-22(2,3)29-21(28)25-13-11-24(12-14-25)16-8-6-10-18(19(16)26)30-17-9-5-4-7-15(17)20(27)23-30/h4-10,26H,11-14H2,1-3H3. The summed E-state index contributed by atoms with van der Waals surface area (Å²) in [6, 6.07) is 13.1. The monoisotopic (exact) mass is 475 g/mol. The number of para-hydroxylation sites is 1. The number of fused-ring (bicyclic) bond motifs is 1. The van der Waals surface area contributed by atoms with Gasteiger partial charge in [0.25, 0.3) is 0 Å². The van der Waals surface area contributed by atoms with Crippen molar-refractivity contribution < 1.29 is 19.4 Å². The van der Waals surface area contributed by atoms with Crippen LogP contribution in [0.1, 0.15) is 31.1 Å². The van der Waals surface area contributed by atoms with E-state index in [9.17, 15) is 14.7 Å². The molecule has 2 aromatic carbocycles. The molecule has 2 heterocycles. The maximum atomic E-state index is 12.3. The van der Waals surface area contributed by atoms with Gasteiger partial charge in [-0.2, -0.15) is 0 Å². The molecule has 7 nitrogen and oxygen atoms in total. The van der Waals surface area contributed by atoms with E-state index in [0.29, 0.717) is 37.4 Å². The molecule has 2 amide bonds. The molecule has 0 spiro atoms. The second kappa shape index (κ2) is 7.85. The molecule has 0 aromatic heterocycles. The molecule has 2 aliphatic rings. The topological polar surface area (TPSA) is 82.4 Å². The molecule has 30 heavy (non-hydrogen) atoms. The van der Waals surface area contributed by atoms with E-state index in [1.807, 2.05) is 57.2 Å². The van der Waals surface area contributed by atoms with Crippen molar-refractivity contribution in [3.05, 3.63) is 48.0 Å². The van der Waals surface area contributed by atoms with E-state index in [0.717, 1.165) is 8.92 Å². The predicted molar refractivity (Wildman–Crippen MR) is 116 cm³/mol. The minimum absolute atomic E-state index is 0.182. The summed E-state index contributed by atoms with van der Waals surface area (Å²) in [6.45, 7) is 7.77. The second-order valence-electron chi connectivity index (χ2n) is 8.26. The number of phenolic OH excluding ortho intramolecular Hbond substituents is 1. The number of aromatic hydroxyl groups is 1. The van der Waals surface area contributed by atoms with Gasteiger partial charge in [-0.3, -0.25) is 0 Å². The minimum atomic E-state index is -1.99. The van der Waals surface area contributed by atoms with Crippen molar-refractivity contribution >= 4 is 40.3 Å². The summed E-state index contributed by atoms with van der Waals surface area (Å²) in [7, 11) is 0. The maximum absolute atomic E-state index is 12.3. The van der Waals surface area contributed by atoms with Crippen LogP contribution in [0.3, 0.4) is 0 Å². The van der Waals surface area contributed by atoms with Gasteiger partial charge in [0.2, 0.25) is 0 Å². The molecule has 1 atom stereocenters. The van der Waals surface area contributed by atoms with E-state index in [1.54, 1.807) is 11.0 Å². The van der Waals surface area contributed by atoms with Crippen LogP contribution in [0, 0.1) is 0 Å². The first-order valence-corrected chi connectivity index (χ1v) is 12.4. The molecule has 1 unspecified atom stereocenters. The molecule has 8 heteroatoms. The summed E-state index contributed by atoms with van der Waals surface area (Å²) in [5, 5.41) is 11.1. The van der Waals surface area contributed by atoms with Crippen LogP contribution in [-0.2, 0) is 4.74 Å². The number of hydrogen-bond acceptors (Lipinski definition) is 5. The first kappa shape index (κ1) is 20.6. The molecule has 0 bridgehead atoms. The van der Waals surface area contributed by atoms with Gasteiger partial charge in [-0.15, -0.1) is 0 Å². The Hall–Kier alpha value is -2.70. The van der Waals surface area contributed by atoms with Crippen LogP contribution < -0.4 is 13.8 Å². The van der Waals surface area contributed by atoms with Crippen LogP contribution in [-0.4, -0.2) is 67.5 Å². The molecule has 1 fully saturated rings. The van der Waals surface area contributed by atoms with E-state index in [-0.39, 0.29) is 17.7 Å². The average Bonchev–Trinajstić information content (AvgIpc) is 3.04. The van der Waals surface area contributed by atoms with Crippen LogP contribution in [0.2, 0.25) is 0 Å². The average molecular weight is 474 g/mol. The first-order valence-electron chi connectivity index (χ1n) is 9.89. The normalized spacial score (nSPS) is 18.8. The van der Waals surface area contributed by atoms with Gasteiger partial charge >= 0.3 is 180 Å². The van der Waals surface area contributed by atoms with Gasteiger partial charge in [0.1, 0.15) is 0 Å². The van der Waals surface area contributed by atoms with Crippen molar-refractivity contribution in [2.45, 2.75) is 26.4 Å². The summed E-state index contributed by atoms with van der Waals surface area (Å²) in [6.07, 6.45) is -0.313. The first-order chi connectivity index (χ1) is 14.2. The van der Waals surface area contributed by atoms with Crippen molar-refractivity contribution in [3.63, 3.8) is 0 Å². The fourth-order valence-electron chi connectivity index (χ4n) is 3.54. The van der Waals surface area contributed by atoms with E-state index in [1.165, 1.54) is 0 Å². The summed E-state index contributed by atoms with van der Waals surface area (Å²) in [5.41, 5.74) is 0.828. The molecule has 2 aromatic rings. The van der Waals surface area contributed by atoms with E-state index >= 15 is 0 Å². The summed E-state index contributed by atoms with van der Waals surface area (Å²) in [4.78, 5) is 28.3. The number of piperazine rings is 1. The Labute approximate surface area is 179 Å². The molecule has 4 rings (SSSR count). The number of carbonyl (C=O) groups is 2. The Bertz CT molecular complexity index is 1040. The summed E-state index contributed by atoms with van der Waals surface area (Å²) < 4.78 is 11.5. The molecule has 2 aliphatic heterocycles. The van der Waals surface area contributed by atoms with Crippen molar-refractivity contribution in [1.82, 2.24) is 4.90 Å². The fourth-order valence-corrected chi connectivity index (χ4v) is 7.24. The zero-order valence-corrected chi connectivity index (χ0v) is 19.0. The summed E-state index contributed by atoms with van der Waals surface area (Å²) in [5.74, 6) is -0.0205. The van der Waals surface area contributed by atoms with Crippen LogP contribution in [0.25, 0.3) is 0 Å². The molecular formula is C22H25N3O4Se. The van der Waals surface area contributed by atoms with Crippen LogP contribution in [0.5, 0.6) is 5.75 Å². The van der Waals surface area contributed by atoms with Crippen molar-refractivity contribution in [3.8, 4) is 5.75 Å². The Balaban J connectivity index is 1.54. The molecule has 1 saturated heterocycles. The molecule has 0 aliphatic carbocycles. The van der Waals surface area contributed by atoms with Gasteiger partial charge in [0.15, 0.2) is 0 Å². The molecule has 1 N–H and O–H groups in total. The van der Waals surface area contributed by atoms with Crippen LogP contribution in [0.15, 0.2) is 46.4 Å². The number of phenols is 1. The van der Waals surface area contributed by atoms with Gasteiger partial charge in [-0.25, -0.2) is 0 Å². The zero-order valence-electron chi connectivity index (χ0n) is 17.3. The number of rotatable bonds is 2. The SMILES string of the molecule is CC(C)(C)OC(=O)N1CCN(c2cccc([Se]3=NC(=O)c4ccccc43)c2O)CC1. The van der Waals surface area contributed by atoms with Gasteiger partial charge in [-0.05, 0) is 0 Å². The van der Waals surface area contributed by atoms with Crippen molar-refractivity contribution in [1.29, 1.82) is 0 Å². The van der Waals surface area contributed by atoms with E-state index < -0.39 is 19.3 Å². The van der Waals surface area contributed by atoms with Crippen LogP contribution >= 0.6 is 0 Å². The molecule has 0 saturated carbocycles. The summed E-state index contributed by atoms with van der Waals surface area (Å²) >= 11 is -1.99. The number of anilines is 1. The molecule has 0 radical (unpaired) electrons. The van der Waals surface area contributed by atoms with Gasteiger partial charge < -0.3 is 0 Å². The zero-order chi connectivity index (χ0) is 21.5. The van der Waals surface area contributed by atoms with E-state index in [4.69, 9.17) is 4.74 Å². The van der Waals surface area contributed by atoms with Gasteiger partial charge in [-0.1, -0.05) is 0 Å².